The fraction of sp³-hybridized carbons (Fsp3) is 0.385. The van der Waals surface area contributed by atoms with Crippen LogP contribution in [-0.2, 0) is 25.9 Å². The van der Waals surface area contributed by atoms with Gasteiger partial charge in [0.15, 0.2) is 11.5 Å². The number of benzene rings is 2. The molecule has 49 heavy (non-hydrogen) atoms. The normalized spacial score (nSPS) is 23.8. The number of Topliss-reactive ketones (excluding diaryl/α,β-unsaturated/α-hetero) is 1. The van der Waals surface area contributed by atoms with E-state index < -0.39 is 5.97 Å². The monoisotopic (exact) mass is 668 g/mol. The largest absolute Gasteiger partial charge is 0.476 e. The van der Waals surface area contributed by atoms with Crippen molar-refractivity contribution in [3.05, 3.63) is 93.9 Å². The van der Waals surface area contributed by atoms with Gasteiger partial charge in [0.2, 0.25) is 0 Å². The van der Waals surface area contributed by atoms with Crippen LogP contribution < -0.4 is 4.90 Å². The third kappa shape index (κ3) is 5.32. The van der Waals surface area contributed by atoms with Gasteiger partial charge in [0.05, 0.1) is 22.8 Å². The number of aromatic nitrogens is 4. The van der Waals surface area contributed by atoms with Gasteiger partial charge in [-0.15, -0.1) is 11.3 Å². The van der Waals surface area contributed by atoms with E-state index in [9.17, 15) is 20.0 Å². The summed E-state index contributed by atoms with van der Waals surface area (Å²) in [5.74, 6) is 1.75. The summed E-state index contributed by atoms with van der Waals surface area (Å²) in [5, 5.41) is 26.1. The van der Waals surface area contributed by atoms with Crippen molar-refractivity contribution in [3.63, 3.8) is 0 Å². The predicted molar refractivity (Wildman–Crippen MR) is 187 cm³/mol. The molecule has 4 saturated carbocycles. The van der Waals surface area contributed by atoms with E-state index in [0.717, 1.165) is 44.1 Å². The Morgan fingerprint density at radius 1 is 0.959 bits per heavy atom. The Balaban J connectivity index is 0.985. The Kier molecular flexibility index (Phi) is 7.16. The maximum absolute atomic E-state index is 13.6. The molecule has 5 aromatic rings. The number of pyridine rings is 1. The molecule has 5 aliphatic rings. The summed E-state index contributed by atoms with van der Waals surface area (Å²) in [7, 11) is 0. The van der Waals surface area contributed by atoms with Crippen LogP contribution in [0.2, 0.25) is 0 Å². The van der Waals surface area contributed by atoms with Crippen molar-refractivity contribution in [2.75, 3.05) is 11.4 Å². The van der Waals surface area contributed by atoms with Crippen LogP contribution in [-0.4, -0.2) is 43.2 Å². The molecular formula is C39H36N6O3S. The molecule has 10 heteroatoms. The Bertz CT molecular complexity index is 2130. The van der Waals surface area contributed by atoms with Crippen molar-refractivity contribution in [2.24, 2.45) is 23.2 Å². The molecule has 1 aliphatic heterocycles. The third-order valence-electron chi connectivity index (χ3n) is 11.5. The fourth-order valence-electron chi connectivity index (χ4n) is 9.89. The highest BCUT2D eigenvalue weighted by Crippen LogP contribution is 2.60. The number of fused-ring (bicyclic) bond motifs is 2. The summed E-state index contributed by atoms with van der Waals surface area (Å²) in [4.78, 5) is 37.7. The summed E-state index contributed by atoms with van der Waals surface area (Å²) < 4.78 is 2.89. The number of nitriles is 1. The molecule has 246 valence electrons. The summed E-state index contributed by atoms with van der Waals surface area (Å²) in [6.45, 7) is 1.79. The number of rotatable bonds is 8. The van der Waals surface area contributed by atoms with E-state index in [-0.39, 0.29) is 23.3 Å². The van der Waals surface area contributed by atoms with Gasteiger partial charge in [-0.25, -0.2) is 14.8 Å². The number of carbonyl (C=O) groups is 2. The molecule has 4 aliphatic carbocycles. The smallest absolute Gasteiger partial charge is 0.355 e. The number of aromatic carboxylic acids is 1. The molecule has 1 N–H and O–H groups in total. The second-order valence-corrected chi connectivity index (χ2v) is 15.9. The van der Waals surface area contributed by atoms with Gasteiger partial charge in [0.25, 0.3) is 0 Å². The number of carboxylic acids is 1. The number of ketones is 1. The predicted octanol–water partition coefficient (Wildman–Crippen LogP) is 7.33. The van der Waals surface area contributed by atoms with E-state index >= 15 is 0 Å². The molecular weight excluding hydrogens is 633 g/mol. The quantitative estimate of drug-likeness (QED) is 0.171. The summed E-state index contributed by atoms with van der Waals surface area (Å²) >= 11 is 1.54. The van der Waals surface area contributed by atoms with Gasteiger partial charge in [0.1, 0.15) is 22.6 Å². The molecule has 4 heterocycles. The topological polar surface area (TPSA) is 125 Å². The van der Waals surface area contributed by atoms with E-state index in [1.54, 1.807) is 23.6 Å². The molecule has 3 aromatic heterocycles. The minimum absolute atomic E-state index is 0.0156. The summed E-state index contributed by atoms with van der Waals surface area (Å²) in [6, 6.07) is 19.7. The lowest BCUT2D eigenvalue weighted by Gasteiger charge is -2.56. The fourth-order valence-corrected chi connectivity index (χ4v) is 10.9. The number of hydrogen-bond donors (Lipinski definition) is 1. The van der Waals surface area contributed by atoms with Crippen molar-refractivity contribution in [1.29, 1.82) is 5.26 Å². The van der Waals surface area contributed by atoms with Crippen molar-refractivity contribution in [3.8, 4) is 17.2 Å². The first-order valence-corrected chi connectivity index (χ1v) is 18.1. The van der Waals surface area contributed by atoms with Gasteiger partial charge < -0.3 is 10.0 Å². The zero-order valence-electron chi connectivity index (χ0n) is 27.1. The zero-order chi connectivity index (χ0) is 33.3. The Hall–Kier alpha value is -4.88. The highest BCUT2D eigenvalue weighted by atomic mass is 32.1. The van der Waals surface area contributed by atoms with Crippen LogP contribution in [0.1, 0.15) is 81.2 Å². The summed E-state index contributed by atoms with van der Waals surface area (Å²) in [5.41, 5.74) is 5.01. The Morgan fingerprint density at radius 2 is 1.73 bits per heavy atom. The molecule has 0 amide bonds. The van der Waals surface area contributed by atoms with Crippen LogP contribution in [0.4, 0.5) is 5.82 Å². The molecule has 4 bridgehead atoms. The molecule has 0 saturated heterocycles. The second kappa shape index (κ2) is 11.6. The molecule has 10 rings (SSSR count). The van der Waals surface area contributed by atoms with Crippen LogP contribution in [0.5, 0.6) is 0 Å². The maximum Gasteiger partial charge on any atom is 0.355 e. The third-order valence-corrected chi connectivity index (χ3v) is 12.6. The van der Waals surface area contributed by atoms with Crippen molar-refractivity contribution in [2.45, 2.75) is 64.5 Å². The van der Waals surface area contributed by atoms with Gasteiger partial charge in [-0.05, 0) is 104 Å². The molecule has 2 aromatic carbocycles. The van der Waals surface area contributed by atoms with Gasteiger partial charge in [-0.2, -0.15) is 10.4 Å². The lowest BCUT2D eigenvalue weighted by molar-refractivity contribution is -0.0636. The lowest BCUT2D eigenvalue weighted by atomic mass is 9.49. The Morgan fingerprint density at radius 3 is 2.47 bits per heavy atom. The van der Waals surface area contributed by atoms with Crippen LogP contribution in [0, 0.1) is 34.5 Å². The number of para-hydroxylation sites is 1. The molecule has 0 atom stereocenters. The number of carboxylic acid groups (broad SMARTS) is 1. The van der Waals surface area contributed by atoms with Crippen molar-refractivity contribution in [1.82, 2.24) is 19.7 Å². The first-order chi connectivity index (χ1) is 23.8. The SMILES string of the molecule is N#Cc1c(-c2ccc(N3CCc4cccc(C(=O)Cc5nc6ccccc6s5)c4C3)nc2C(=O)O)cnn1CC12CC3CC(CC(C3)C1)C2. The first kappa shape index (κ1) is 30.2. The van der Waals surface area contributed by atoms with E-state index in [4.69, 9.17) is 0 Å². The standard InChI is InChI=1S/C39H36N6O3S/c40-19-32-29(20-41-45(32)22-39-16-23-12-24(17-39)14-25(13-23)18-39)28-8-9-35(43-37(28)38(47)48)44-11-10-26-4-3-5-27(30(26)21-44)33(46)15-36-42-31-6-1-2-7-34(31)49-36/h1-9,20,23-25H,10-18,21-22H2,(H,47,48). The van der Waals surface area contributed by atoms with E-state index in [1.165, 1.54) is 38.5 Å². The van der Waals surface area contributed by atoms with Crippen LogP contribution in [0.25, 0.3) is 21.3 Å². The highest BCUT2D eigenvalue weighted by Gasteiger charge is 2.51. The van der Waals surface area contributed by atoms with E-state index in [1.807, 2.05) is 52.0 Å². The maximum atomic E-state index is 13.6. The molecule has 9 nitrogen and oxygen atoms in total. The van der Waals surface area contributed by atoms with E-state index in [2.05, 4.69) is 27.2 Å². The minimum atomic E-state index is -1.15. The first-order valence-electron chi connectivity index (χ1n) is 17.3. The highest BCUT2D eigenvalue weighted by molar-refractivity contribution is 7.18. The van der Waals surface area contributed by atoms with Gasteiger partial charge in [-0.3, -0.25) is 9.48 Å². The number of carbonyl (C=O) groups excluding carboxylic acids is 1. The van der Waals surface area contributed by atoms with Gasteiger partial charge in [-0.1, -0.05) is 30.3 Å². The number of nitrogens with zero attached hydrogens (tertiary/aromatic N) is 6. The molecule has 4 fully saturated rings. The Labute approximate surface area is 288 Å². The zero-order valence-corrected chi connectivity index (χ0v) is 28.0. The average Bonchev–Trinajstić information content (AvgIpc) is 3.69. The average molecular weight is 669 g/mol. The molecule has 0 radical (unpaired) electrons. The lowest BCUT2D eigenvalue weighted by Crippen LogP contribution is -2.48. The van der Waals surface area contributed by atoms with Crippen LogP contribution in [0.15, 0.2) is 60.8 Å². The second-order valence-electron chi connectivity index (χ2n) is 14.8. The van der Waals surface area contributed by atoms with Crippen LogP contribution in [0.3, 0.4) is 0 Å². The van der Waals surface area contributed by atoms with Crippen molar-refractivity contribution < 1.29 is 14.7 Å². The van der Waals surface area contributed by atoms with Crippen LogP contribution >= 0.6 is 11.3 Å². The summed E-state index contributed by atoms with van der Waals surface area (Å²) in [6.07, 6.45) is 10.2. The molecule has 0 unspecified atom stereocenters. The number of hydrogen-bond acceptors (Lipinski definition) is 8. The van der Waals surface area contributed by atoms with Gasteiger partial charge in [0, 0.05) is 36.3 Å². The number of thiazole rings is 1. The van der Waals surface area contributed by atoms with E-state index in [0.29, 0.717) is 54.3 Å². The molecule has 0 spiro atoms. The minimum Gasteiger partial charge on any atom is -0.476 e. The number of anilines is 1. The van der Waals surface area contributed by atoms with Crippen molar-refractivity contribution >= 4 is 39.1 Å². The van der Waals surface area contributed by atoms with Gasteiger partial charge >= 0.3 is 5.97 Å².